The number of benzene rings is 2. The molecule has 2 aromatic rings. The molecule has 0 spiro atoms. The van der Waals surface area contributed by atoms with Crippen LogP contribution in [0.2, 0.25) is 5.02 Å². The van der Waals surface area contributed by atoms with E-state index in [4.69, 9.17) is 11.6 Å². The Morgan fingerprint density at radius 3 is 2.45 bits per heavy atom. The van der Waals surface area contributed by atoms with E-state index in [1.54, 1.807) is 36.4 Å². The number of anilines is 2. The summed E-state index contributed by atoms with van der Waals surface area (Å²) in [5.41, 5.74) is 1.56. The first kappa shape index (κ1) is 17.2. The number of carbonyl (C=O) groups excluding carboxylic acids is 2. The molecule has 0 fully saturated rings. The molecule has 0 saturated carbocycles. The van der Waals surface area contributed by atoms with Crippen molar-refractivity contribution in [2.75, 3.05) is 10.6 Å². The topological polar surface area (TPSA) is 58.2 Å². The molecule has 0 bridgehead atoms. The molecule has 0 unspecified atom stereocenters. The van der Waals surface area contributed by atoms with Crippen molar-refractivity contribution in [2.45, 2.75) is 6.92 Å². The SMILES string of the molecule is CC(=O)Nc1ccc(Br)cc1NC(=O)c1ccc(Cl)cc1I. The summed E-state index contributed by atoms with van der Waals surface area (Å²) in [5.74, 6) is -0.482. The van der Waals surface area contributed by atoms with Gasteiger partial charge in [-0.2, -0.15) is 0 Å². The lowest BCUT2D eigenvalue weighted by Gasteiger charge is -2.13. The highest BCUT2D eigenvalue weighted by Gasteiger charge is 2.13. The van der Waals surface area contributed by atoms with Gasteiger partial charge in [0.1, 0.15) is 0 Å². The highest BCUT2D eigenvalue weighted by atomic mass is 127. The van der Waals surface area contributed by atoms with Crippen LogP contribution in [-0.4, -0.2) is 11.8 Å². The summed E-state index contributed by atoms with van der Waals surface area (Å²) in [5, 5.41) is 6.06. The Hall–Kier alpha value is -1.12. The Labute approximate surface area is 154 Å². The fraction of sp³-hybridized carbons (Fsp3) is 0.0667. The molecule has 0 saturated heterocycles. The van der Waals surface area contributed by atoms with Gasteiger partial charge in [-0.3, -0.25) is 9.59 Å². The van der Waals surface area contributed by atoms with Gasteiger partial charge in [0, 0.05) is 20.0 Å². The highest BCUT2D eigenvalue weighted by molar-refractivity contribution is 14.1. The molecule has 2 rings (SSSR count). The molecular weight excluding hydrogens is 482 g/mol. The molecular formula is C15H11BrClIN2O2. The van der Waals surface area contributed by atoms with E-state index < -0.39 is 0 Å². The number of carbonyl (C=O) groups is 2. The smallest absolute Gasteiger partial charge is 0.256 e. The fourth-order valence-corrected chi connectivity index (χ4v) is 3.26. The lowest BCUT2D eigenvalue weighted by atomic mass is 10.2. The van der Waals surface area contributed by atoms with Crippen molar-refractivity contribution in [1.29, 1.82) is 0 Å². The highest BCUT2D eigenvalue weighted by Crippen LogP contribution is 2.27. The number of hydrogen-bond acceptors (Lipinski definition) is 2. The molecule has 0 aliphatic rings. The van der Waals surface area contributed by atoms with Gasteiger partial charge in [-0.25, -0.2) is 0 Å². The Morgan fingerprint density at radius 2 is 1.82 bits per heavy atom. The maximum Gasteiger partial charge on any atom is 0.256 e. The van der Waals surface area contributed by atoms with E-state index in [0.29, 0.717) is 22.0 Å². The van der Waals surface area contributed by atoms with Gasteiger partial charge in [-0.05, 0) is 59.0 Å². The molecule has 0 aliphatic heterocycles. The lowest BCUT2D eigenvalue weighted by Crippen LogP contribution is -2.16. The van der Waals surface area contributed by atoms with Gasteiger partial charge >= 0.3 is 0 Å². The van der Waals surface area contributed by atoms with Crippen LogP contribution in [0.4, 0.5) is 11.4 Å². The normalized spacial score (nSPS) is 10.2. The largest absolute Gasteiger partial charge is 0.325 e. The summed E-state index contributed by atoms with van der Waals surface area (Å²) in [6.45, 7) is 1.41. The van der Waals surface area contributed by atoms with Crippen molar-refractivity contribution in [3.05, 3.63) is 55.0 Å². The predicted octanol–water partition coefficient (Wildman–Crippen LogP) is 4.92. The van der Waals surface area contributed by atoms with Crippen molar-refractivity contribution >= 4 is 73.3 Å². The van der Waals surface area contributed by atoms with Crippen molar-refractivity contribution < 1.29 is 9.59 Å². The Bertz CT molecular complexity index is 752. The number of halogens is 3. The van der Waals surface area contributed by atoms with Gasteiger partial charge in [0.05, 0.1) is 16.9 Å². The van der Waals surface area contributed by atoms with Crippen molar-refractivity contribution in [3.8, 4) is 0 Å². The third kappa shape index (κ3) is 4.44. The summed E-state index contributed by atoms with van der Waals surface area (Å²) in [6, 6.07) is 10.3. The van der Waals surface area contributed by atoms with E-state index in [9.17, 15) is 9.59 Å². The van der Waals surface area contributed by atoms with Crippen LogP contribution in [0.1, 0.15) is 17.3 Å². The van der Waals surface area contributed by atoms with E-state index in [1.165, 1.54) is 6.92 Å². The van der Waals surface area contributed by atoms with E-state index in [0.717, 1.165) is 8.04 Å². The summed E-state index contributed by atoms with van der Waals surface area (Å²) in [7, 11) is 0. The van der Waals surface area contributed by atoms with E-state index in [1.807, 2.05) is 0 Å². The van der Waals surface area contributed by atoms with E-state index in [-0.39, 0.29) is 11.8 Å². The molecule has 0 aromatic heterocycles. The van der Waals surface area contributed by atoms with Crippen molar-refractivity contribution in [1.82, 2.24) is 0 Å². The zero-order chi connectivity index (χ0) is 16.3. The molecule has 2 N–H and O–H groups in total. The molecule has 4 nitrogen and oxygen atoms in total. The molecule has 114 valence electrons. The molecule has 2 aromatic carbocycles. The summed E-state index contributed by atoms with van der Waals surface area (Å²) < 4.78 is 1.54. The van der Waals surface area contributed by atoms with E-state index >= 15 is 0 Å². The summed E-state index contributed by atoms with van der Waals surface area (Å²) in [4.78, 5) is 23.7. The molecule has 0 atom stereocenters. The Kier molecular flexibility index (Phi) is 5.82. The van der Waals surface area contributed by atoms with Crippen molar-refractivity contribution in [2.24, 2.45) is 0 Å². The minimum Gasteiger partial charge on any atom is -0.325 e. The van der Waals surface area contributed by atoms with Gasteiger partial charge in [0.25, 0.3) is 5.91 Å². The standard InChI is InChI=1S/C15H11BrClIN2O2/c1-8(21)19-13-5-2-9(16)6-14(13)20-15(22)11-4-3-10(17)7-12(11)18/h2-7H,1H3,(H,19,21)(H,20,22). The zero-order valence-electron chi connectivity index (χ0n) is 11.4. The first-order chi connectivity index (χ1) is 10.4. The predicted molar refractivity (Wildman–Crippen MR) is 101 cm³/mol. The first-order valence-electron chi connectivity index (χ1n) is 6.20. The minimum atomic E-state index is -0.272. The molecule has 0 radical (unpaired) electrons. The quantitative estimate of drug-likeness (QED) is 0.597. The van der Waals surface area contributed by atoms with Gasteiger partial charge in [-0.15, -0.1) is 0 Å². The monoisotopic (exact) mass is 492 g/mol. The zero-order valence-corrected chi connectivity index (χ0v) is 15.9. The summed E-state index contributed by atoms with van der Waals surface area (Å²) in [6.07, 6.45) is 0. The second-order valence-electron chi connectivity index (χ2n) is 4.45. The fourth-order valence-electron chi connectivity index (χ4n) is 1.78. The maximum absolute atomic E-state index is 12.4. The second-order valence-corrected chi connectivity index (χ2v) is 6.96. The van der Waals surface area contributed by atoms with Crippen LogP contribution in [0.3, 0.4) is 0 Å². The third-order valence-electron chi connectivity index (χ3n) is 2.72. The van der Waals surface area contributed by atoms with Gasteiger partial charge < -0.3 is 10.6 Å². The van der Waals surface area contributed by atoms with Crippen LogP contribution in [-0.2, 0) is 4.79 Å². The maximum atomic E-state index is 12.4. The molecule has 0 heterocycles. The number of nitrogens with one attached hydrogen (secondary N) is 2. The number of amides is 2. The second kappa shape index (κ2) is 7.43. The van der Waals surface area contributed by atoms with Crippen LogP contribution in [0.5, 0.6) is 0 Å². The van der Waals surface area contributed by atoms with Crippen LogP contribution in [0.15, 0.2) is 40.9 Å². The average molecular weight is 494 g/mol. The van der Waals surface area contributed by atoms with Gasteiger partial charge in [-0.1, -0.05) is 27.5 Å². The summed E-state index contributed by atoms with van der Waals surface area (Å²) >= 11 is 11.3. The molecule has 22 heavy (non-hydrogen) atoms. The number of rotatable bonds is 3. The van der Waals surface area contributed by atoms with Crippen LogP contribution in [0, 0.1) is 3.57 Å². The third-order valence-corrected chi connectivity index (χ3v) is 4.34. The minimum absolute atomic E-state index is 0.209. The Balaban J connectivity index is 2.31. The van der Waals surface area contributed by atoms with Gasteiger partial charge in [0.2, 0.25) is 5.91 Å². The molecule has 2 amide bonds. The number of hydrogen-bond donors (Lipinski definition) is 2. The van der Waals surface area contributed by atoms with Crippen LogP contribution < -0.4 is 10.6 Å². The Morgan fingerprint density at radius 1 is 1.09 bits per heavy atom. The molecule has 7 heteroatoms. The molecule has 0 aliphatic carbocycles. The van der Waals surface area contributed by atoms with E-state index in [2.05, 4.69) is 49.2 Å². The van der Waals surface area contributed by atoms with Crippen LogP contribution in [0.25, 0.3) is 0 Å². The first-order valence-corrected chi connectivity index (χ1v) is 8.45. The average Bonchev–Trinajstić information content (AvgIpc) is 2.41. The lowest BCUT2D eigenvalue weighted by molar-refractivity contribution is -0.114. The van der Waals surface area contributed by atoms with Crippen LogP contribution >= 0.6 is 50.1 Å². The van der Waals surface area contributed by atoms with Gasteiger partial charge in [0.15, 0.2) is 0 Å². The van der Waals surface area contributed by atoms with Crippen molar-refractivity contribution in [3.63, 3.8) is 0 Å².